The monoisotopic (exact) mass is 391 g/mol. The van der Waals surface area contributed by atoms with Crippen molar-refractivity contribution in [3.63, 3.8) is 0 Å². The Morgan fingerprint density at radius 3 is 2.28 bits per heavy atom. The van der Waals surface area contributed by atoms with E-state index in [9.17, 15) is 14.9 Å². The summed E-state index contributed by atoms with van der Waals surface area (Å²) in [4.78, 5) is 36.9. The number of benzene rings is 2. The third-order valence-corrected chi connectivity index (χ3v) is 5.32. The second-order valence-electron chi connectivity index (χ2n) is 7.11. The van der Waals surface area contributed by atoms with E-state index in [0.29, 0.717) is 37.3 Å². The van der Waals surface area contributed by atoms with Crippen molar-refractivity contribution >= 4 is 28.4 Å². The number of aryl methyl sites for hydroxylation is 1. The van der Waals surface area contributed by atoms with Crippen LogP contribution in [-0.4, -0.2) is 51.9 Å². The number of anilines is 1. The summed E-state index contributed by atoms with van der Waals surface area (Å²) in [5.74, 6) is 0.662. The summed E-state index contributed by atoms with van der Waals surface area (Å²) in [7, 11) is 0. The van der Waals surface area contributed by atoms with Crippen LogP contribution in [0.25, 0.3) is 11.0 Å². The molecule has 0 atom stereocenters. The second-order valence-corrected chi connectivity index (χ2v) is 7.11. The highest BCUT2D eigenvalue weighted by atomic mass is 16.6. The number of carbonyl (C=O) groups is 1. The molecule has 0 N–H and O–H groups in total. The van der Waals surface area contributed by atoms with Gasteiger partial charge in [-0.15, -0.1) is 0 Å². The molecule has 148 valence electrons. The first-order valence-electron chi connectivity index (χ1n) is 9.47. The maximum absolute atomic E-state index is 12.9. The molecule has 1 amide bonds. The molecule has 0 bridgehead atoms. The number of rotatable bonds is 3. The van der Waals surface area contributed by atoms with Gasteiger partial charge in [0.05, 0.1) is 21.7 Å². The molecule has 0 unspecified atom stereocenters. The lowest BCUT2D eigenvalue weighted by molar-refractivity contribution is -0.385. The van der Waals surface area contributed by atoms with Crippen LogP contribution < -0.4 is 4.90 Å². The van der Waals surface area contributed by atoms with Gasteiger partial charge in [0.1, 0.15) is 0 Å². The zero-order chi connectivity index (χ0) is 20.5. The molecule has 3 aromatic rings. The van der Waals surface area contributed by atoms with Crippen molar-refractivity contribution in [2.45, 2.75) is 13.8 Å². The van der Waals surface area contributed by atoms with E-state index in [2.05, 4.69) is 9.88 Å². The summed E-state index contributed by atoms with van der Waals surface area (Å²) in [6.45, 7) is 5.87. The minimum atomic E-state index is -0.453. The second kappa shape index (κ2) is 7.46. The fourth-order valence-electron chi connectivity index (χ4n) is 3.72. The number of nitrogens with zero attached hydrogens (tertiary/aromatic N) is 5. The number of nitro groups is 1. The van der Waals surface area contributed by atoms with Gasteiger partial charge in [-0.05, 0) is 32.0 Å². The zero-order valence-electron chi connectivity index (χ0n) is 16.3. The van der Waals surface area contributed by atoms with Crippen LogP contribution in [-0.2, 0) is 0 Å². The Bertz CT molecular complexity index is 1110. The summed E-state index contributed by atoms with van der Waals surface area (Å²) in [6.07, 6.45) is 0. The number of piperazine rings is 1. The molecule has 0 radical (unpaired) electrons. The van der Waals surface area contributed by atoms with Gasteiger partial charge in [0, 0.05) is 43.4 Å². The Kier molecular flexibility index (Phi) is 4.84. The van der Waals surface area contributed by atoms with Crippen molar-refractivity contribution in [2.75, 3.05) is 31.1 Å². The van der Waals surface area contributed by atoms with Gasteiger partial charge >= 0.3 is 0 Å². The predicted molar refractivity (Wildman–Crippen MR) is 110 cm³/mol. The summed E-state index contributed by atoms with van der Waals surface area (Å²) >= 11 is 0. The smallest absolute Gasteiger partial charge is 0.273 e. The van der Waals surface area contributed by atoms with Crippen molar-refractivity contribution in [2.24, 2.45) is 0 Å². The van der Waals surface area contributed by atoms with Crippen LogP contribution in [0.5, 0.6) is 0 Å². The summed E-state index contributed by atoms with van der Waals surface area (Å²) in [5, 5.41) is 11.2. The highest BCUT2D eigenvalue weighted by Crippen LogP contribution is 2.24. The highest BCUT2D eigenvalue weighted by Gasteiger charge is 2.27. The van der Waals surface area contributed by atoms with Gasteiger partial charge in [-0.2, -0.15) is 0 Å². The molecule has 1 aliphatic heterocycles. The standard InChI is InChI=1S/C21H21N5O3/c1-14-16(6-5-9-19(14)26(28)29)21(27)25-12-10-24(11-13-25)20-15(2)22-17-7-3-4-8-18(17)23-20/h3-9H,10-13H2,1-2H3. The molecule has 1 aliphatic rings. The molecule has 1 fully saturated rings. The highest BCUT2D eigenvalue weighted by molar-refractivity contribution is 5.96. The normalized spacial score (nSPS) is 14.3. The van der Waals surface area contributed by atoms with Gasteiger partial charge in [-0.1, -0.05) is 18.2 Å². The SMILES string of the molecule is Cc1nc2ccccc2nc1N1CCN(C(=O)c2cccc([N+](=O)[O-])c2C)CC1. The minimum absolute atomic E-state index is 0.0310. The van der Waals surface area contributed by atoms with Gasteiger partial charge in [0.15, 0.2) is 5.82 Å². The molecular formula is C21H21N5O3. The molecule has 0 spiro atoms. The zero-order valence-corrected chi connectivity index (χ0v) is 16.3. The maximum Gasteiger partial charge on any atom is 0.273 e. The van der Waals surface area contributed by atoms with Gasteiger partial charge in [0.25, 0.3) is 11.6 Å². The lowest BCUT2D eigenvalue weighted by Gasteiger charge is -2.36. The van der Waals surface area contributed by atoms with Gasteiger partial charge in [-0.25, -0.2) is 9.97 Å². The van der Waals surface area contributed by atoms with Crippen molar-refractivity contribution in [3.8, 4) is 0 Å². The van der Waals surface area contributed by atoms with E-state index >= 15 is 0 Å². The van der Waals surface area contributed by atoms with Crippen LogP contribution in [0.4, 0.5) is 11.5 Å². The Balaban J connectivity index is 1.52. The minimum Gasteiger partial charge on any atom is -0.352 e. The third-order valence-electron chi connectivity index (χ3n) is 5.32. The number of para-hydroxylation sites is 2. The Hall–Kier alpha value is -3.55. The molecule has 2 heterocycles. The average molecular weight is 391 g/mol. The molecule has 8 heteroatoms. The van der Waals surface area contributed by atoms with E-state index in [1.165, 1.54) is 6.07 Å². The van der Waals surface area contributed by atoms with Crippen LogP contribution in [0.1, 0.15) is 21.6 Å². The summed E-state index contributed by atoms with van der Waals surface area (Å²) < 4.78 is 0. The molecule has 4 rings (SSSR count). The fraction of sp³-hybridized carbons (Fsp3) is 0.286. The summed E-state index contributed by atoms with van der Waals surface area (Å²) in [5.41, 5.74) is 3.33. The molecule has 1 saturated heterocycles. The molecule has 2 aromatic carbocycles. The fourth-order valence-corrected chi connectivity index (χ4v) is 3.72. The predicted octanol–water partition coefficient (Wildman–Crippen LogP) is 3.12. The topological polar surface area (TPSA) is 92.5 Å². The van der Waals surface area contributed by atoms with Crippen molar-refractivity contribution in [1.82, 2.24) is 14.9 Å². The van der Waals surface area contributed by atoms with Gasteiger partial charge < -0.3 is 9.80 Å². The first-order valence-corrected chi connectivity index (χ1v) is 9.47. The van der Waals surface area contributed by atoms with Crippen molar-refractivity contribution < 1.29 is 9.72 Å². The van der Waals surface area contributed by atoms with Gasteiger partial charge in [-0.3, -0.25) is 14.9 Å². The lowest BCUT2D eigenvalue weighted by atomic mass is 10.1. The molecular weight excluding hydrogens is 370 g/mol. The first kappa shape index (κ1) is 18.8. The maximum atomic E-state index is 12.9. The molecule has 8 nitrogen and oxygen atoms in total. The Morgan fingerprint density at radius 1 is 0.966 bits per heavy atom. The van der Waals surface area contributed by atoms with Crippen LogP contribution >= 0.6 is 0 Å². The van der Waals surface area contributed by atoms with Crippen LogP contribution in [0, 0.1) is 24.0 Å². The van der Waals surface area contributed by atoms with E-state index in [0.717, 1.165) is 22.5 Å². The van der Waals surface area contributed by atoms with E-state index < -0.39 is 4.92 Å². The van der Waals surface area contributed by atoms with E-state index in [4.69, 9.17) is 4.98 Å². The van der Waals surface area contributed by atoms with E-state index in [1.54, 1.807) is 24.0 Å². The number of amides is 1. The first-order chi connectivity index (χ1) is 14.0. The third kappa shape index (κ3) is 3.49. The number of hydrogen-bond donors (Lipinski definition) is 0. The van der Waals surface area contributed by atoms with Crippen LogP contribution in [0.2, 0.25) is 0 Å². The molecule has 29 heavy (non-hydrogen) atoms. The number of hydrogen-bond acceptors (Lipinski definition) is 6. The number of nitro benzene ring substituents is 1. The Labute approximate surface area is 167 Å². The van der Waals surface area contributed by atoms with Gasteiger partial charge in [0.2, 0.25) is 0 Å². The Morgan fingerprint density at radius 2 is 1.62 bits per heavy atom. The molecule has 0 saturated carbocycles. The lowest BCUT2D eigenvalue weighted by Crippen LogP contribution is -2.49. The quantitative estimate of drug-likeness (QED) is 0.503. The largest absolute Gasteiger partial charge is 0.352 e. The molecule has 0 aliphatic carbocycles. The number of carbonyl (C=O) groups excluding carboxylic acids is 1. The number of aromatic nitrogens is 2. The van der Waals surface area contributed by atoms with Crippen molar-refractivity contribution in [1.29, 1.82) is 0 Å². The number of fused-ring (bicyclic) bond motifs is 1. The van der Waals surface area contributed by atoms with Crippen LogP contribution in [0.3, 0.4) is 0 Å². The van der Waals surface area contributed by atoms with Crippen LogP contribution in [0.15, 0.2) is 42.5 Å². The van der Waals surface area contributed by atoms with E-state index in [-0.39, 0.29) is 11.6 Å². The van der Waals surface area contributed by atoms with Crippen molar-refractivity contribution in [3.05, 3.63) is 69.4 Å². The molecule has 1 aromatic heterocycles. The van der Waals surface area contributed by atoms with E-state index in [1.807, 2.05) is 31.2 Å². The summed E-state index contributed by atoms with van der Waals surface area (Å²) in [6, 6.07) is 12.4. The average Bonchev–Trinajstić information content (AvgIpc) is 2.73.